The van der Waals surface area contributed by atoms with Crippen LogP contribution in [-0.4, -0.2) is 17.6 Å². The normalized spacial score (nSPS) is 10.2. The average molecular weight is 357 g/mol. The summed E-state index contributed by atoms with van der Waals surface area (Å²) in [7, 11) is 0. The first kappa shape index (κ1) is 18.7. The van der Waals surface area contributed by atoms with Crippen molar-refractivity contribution >= 4 is 28.9 Å². The molecular weight excluding hydrogens is 334 g/mol. The number of anilines is 1. The molecule has 132 valence electrons. The van der Waals surface area contributed by atoms with Crippen molar-refractivity contribution in [2.24, 2.45) is 0 Å². The van der Waals surface area contributed by atoms with Gasteiger partial charge < -0.3 is 10.1 Å². The van der Waals surface area contributed by atoms with E-state index in [9.17, 15) is 4.79 Å². The van der Waals surface area contributed by atoms with Crippen LogP contribution >= 0.6 is 12.2 Å². The summed E-state index contributed by atoms with van der Waals surface area (Å²) in [5.41, 5.74) is 8.34. The predicted molar refractivity (Wildman–Crippen MR) is 105 cm³/mol. The van der Waals surface area contributed by atoms with Gasteiger partial charge in [-0.25, -0.2) is 0 Å². The highest BCUT2D eigenvalue weighted by molar-refractivity contribution is 7.80. The monoisotopic (exact) mass is 357 g/mol. The molecule has 0 aromatic heterocycles. The highest BCUT2D eigenvalue weighted by atomic mass is 32.1. The second-order valence-electron chi connectivity index (χ2n) is 6.01. The Labute approximate surface area is 153 Å². The molecule has 0 bridgehead atoms. The number of thiocarbonyl (C=S) groups is 1. The maximum atomic E-state index is 11.8. The molecule has 0 aliphatic heterocycles. The van der Waals surface area contributed by atoms with Crippen molar-refractivity contribution < 1.29 is 9.53 Å². The van der Waals surface area contributed by atoms with Crippen molar-refractivity contribution in [1.82, 2.24) is 10.9 Å². The summed E-state index contributed by atoms with van der Waals surface area (Å²) in [5, 5.41) is 3.32. The summed E-state index contributed by atoms with van der Waals surface area (Å²) in [6.07, 6.45) is 0. The van der Waals surface area contributed by atoms with Gasteiger partial charge in [-0.15, -0.1) is 0 Å². The first-order chi connectivity index (χ1) is 11.9. The minimum atomic E-state index is -0.319. The zero-order chi connectivity index (χ0) is 18.2. The third kappa shape index (κ3) is 6.43. The Bertz CT molecular complexity index is 730. The molecule has 3 N–H and O–H groups in total. The minimum Gasteiger partial charge on any atom is -0.484 e. The number of aryl methyl sites for hydroxylation is 1. The molecule has 2 aromatic rings. The van der Waals surface area contributed by atoms with Gasteiger partial charge in [0, 0.05) is 5.69 Å². The van der Waals surface area contributed by atoms with Crippen LogP contribution in [0.1, 0.15) is 30.9 Å². The fraction of sp³-hybridized carbons (Fsp3) is 0.263. The molecule has 25 heavy (non-hydrogen) atoms. The maximum absolute atomic E-state index is 11.8. The second kappa shape index (κ2) is 9.03. The molecule has 1 amide bonds. The van der Waals surface area contributed by atoms with Crippen LogP contribution in [0.2, 0.25) is 0 Å². The number of carbonyl (C=O) groups is 1. The third-order valence-electron chi connectivity index (χ3n) is 3.51. The Morgan fingerprint density at radius 2 is 1.84 bits per heavy atom. The zero-order valence-electron chi connectivity index (χ0n) is 14.6. The fourth-order valence-corrected chi connectivity index (χ4v) is 2.30. The third-order valence-corrected chi connectivity index (χ3v) is 3.71. The first-order valence-electron chi connectivity index (χ1n) is 8.09. The summed E-state index contributed by atoms with van der Waals surface area (Å²) >= 11 is 5.16. The summed E-state index contributed by atoms with van der Waals surface area (Å²) in [5.74, 6) is 0.814. The lowest BCUT2D eigenvalue weighted by atomic mass is 10.0. The maximum Gasteiger partial charge on any atom is 0.276 e. The molecule has 0 fully saturated rings. The molecule has 6 heteroatoms. The molecule has 2 aromatic carbocycles. The van der Waals surface area contributed by atoms with E-state index < -0.39 is 0 Å². The van der Waals surface area contributed by atoms with Gasteiger partial charge in [0.2, 0.25) is 0 Å². The molecule has 0 aliphatic carbocycles. The van der Waals surface area contributed by atoms with Gasteiger partial charge in [-0.2, -0.15) is 0 Å². The van der Waals surface area contributed by atoms with Crippen LogP contribution < -0.4 is 20.9 Å². The van der Waals surface area contributed by atoms with E-state index in [4.69, 9.17) is 17.0 Å². The molecule has 0 radical (unpaired) electrons. The largest absolute Gasteiger partial charge is 0.484 e. The zero-order valence-corrected chi connectivity index (χ0v) is 15.4. The number of benzene rings is 2. The van der Waals surface area contributed by atoms with Crippen LogP contribution in [0.4, 0.5) is 5.69 Å². The number of rotatable bonds is 5. The summed E-state index contributed by atoms with van der Waals surface area (Å²) in [6, 6.07) is 15.5. The number of carbonyl (C=O) groups excluding carboxylic acids is 1. The van der Waals surface area contributed by atoms with Gasteiger partial charge in [0.25, 0.3) is 5.91 Å². The number of nitrogens with one attached hydrogen (secondary N) is 3. The van der Waals surface area contributed by atoms with E-state index in [2.05, 4.69) is 30.0 Å². The molecule has 0 saturated carbocycles. The molecule has 0 spiro atoms. The van der Waals surface area contributed by atoms with E-state index >= 15 is 0 Å². The lowest BCUT2D eigenvalue weighted by Gasteiger charge is -2.13. The Hall–Kier alpha value is -2.60. The molecule has 0 saturated heterocycles. The van der Waals surface area contributed by atoms with Crippen molar-refractivity contribution in [1.29, 1.82) is 0 Å². The molecule has 0 heterocycles. The van der Waals surface area contributed by atoms with E-state index in [1.54, 1.807) is 6.07 Å². The van der Waals surface area contributed by atoms with Crippen molar-refractivity contribution in [3.05, 3.63) is 59.7 Å². The average Bonchev–Trinajstić information content (AvgIpc) is 2.58. The quantitative estimate of drug-likeness (QED) is 0.565. The topological polar surface area (TPSA) is 62.4 Å². The smallest absolute Gasteiger partial charge is 0.276 e. The van der Waals surface area contributed by atoms with Gasteiger partial charge in [-0.05, 0) is 60.5 Å². The summed E-state index contributed by atoms with van der Waals surface area (Å²) in [4.78, 5) is 11.8. The van der Waals surface area contributed by atoms with E-state index in [0.717, 1.165) is 11.3 Å². The van der Waals surface area contributed by atoms with Crippen LogP contribution in [0.3, 0.4) is 0 Å². The molecule has 2 rings (SSSR count). The minimum absolute atomic E-state index is 0.0951. The van der Waals surface area contributed by atoms with Crippen molar-refractivity contribution in [3.8, 4) is 5.75 Å². The number of ether oxygens (including phenoxy) is 1. The summed E-state index contributed by atoms with van der Waals surface area (Å²) in [6.45, 7) is 6.15. The van der Waals surface area contributed by atoms with Crippen LogP contribution in [0.25, 0.3) is 0 Å². The van der Waals surface area contributed by atoms with E-state index in [1.807, 2.05) is 49.4 Å². The lowest BCUT2D eigenvalue weighted by molar-refractivity contribution is -0.123. The van der Waals surface area contributed by atoms with Gasteiger partial charge in [0.05, 0.1) is 0 Å². The molecule has 0 unspecified atom stereocenters. The molecule has 0 atom stereocenters. The summed E-state index contributed by atoms with van der Waals surface area (Å²) < 4.78 is 5.42. The standard InChI is InChI=1S/C19H23N3O2S/c1-13(2)15-7-9-16(10-8-15)20-19(25)22-21-18(23)12-24-17-6-4-5-14(3)11-17/h4-11,13H,12H2,1-3H3,(H,21,23)(H2,20,22,25). The van der Waals surface area contributed by atoms with Crippen molar-refractivity contribution in [2.75, 3.05) is 11.9 Å². The second-order valence-corrected chi connectivity index (χ2v) is 6.42. The number of hydrogen-bond donors (Lipinski definition) is 3. The van der Waals surface area contributed by atoms with Gasteiger partial charge >= 0.3 is 0 Å². The first-order valence-corrected chi connectivity index (χ1v) is 8.50. The van der Waals surface area contributed by atoms with Gasteiger partial charge in [0.15, 0.2) is 11.7 Å². The van der Waals surface area contributed by atoms with Crippen molar-refractivity contribution in [3.63, 3.8) is 0 Å². The SMILES string of the molecule is Cc1cccc(OCC(=O)NNC(=S)Nc2ccc(C(C)C)cc2)c1. The van der Waals surface area contributed by atoms with Gasteiger partial charge in [-0.1, -0.05) is 38.1 Å². The van der Waals surface area contributed by atoms with Gasteiger partial charge in [-0.3, -0.25) is 15.6 Å². The highest BCUT2D eigenvalue weighted by Gasteiger charge is 2.05. The predicted octanol–water partition coefficient (Wildman–Crippen LogP) is 3.52. The number of hydrazine groups is 1. The van der Waals surface area contributed by atoms with Crippen LogP contribution in [0, 0.1) is 6.92 Å². The number of hydrogen-bond acceptors (Lipinski definition) is 3. The highest BCUT2D eigenvalue weighted by Crippen LogP contribution is 2.17. The Kier molecular flexibility index (Phi) is 6.77. The van der Waals surface area contributed by atoms with E-state index in [-0.39, 0.29) is 12.5 Å². The Balaban J connectivity index is 1.72. The lowest BCUT2D eigenvalue weighted by Crippen LogP contribution is -2.45. The van der Waals surface area contributed by atoms with Crippen LogP contribution in [-0.2, 0) is 4.79 Å². The van der Waals surface area contributed by atoms with E-state index in [0.29, 0.717) is 16.8 Å². The Morgan fingerprint density at radius 3 is 2.48 bits per heavy atom. The van der Waals surface area contributed by atoms with E-state index in [1.165, 1.54) is 5.56 Å². The fourth-order valence-electron chi connectivity index (χ4n) is 2.13. The van der Waals surface area contributed by atoms with Crippen molar-refractivity contribution in [2.45, 2.75) is 26.7 Å². The van der Waals surface area contributed by atoms with Crippen LogP contribution in [0.15, 0.2) is 48.5 Å². The molecular formula is C19H23N3O2S. The van der Waals surface area contributed by atoms with Crippen LogP contribution in [0.5, 0.6) is 5.75 Å². The molecule has 5 nitrogen and oxygen atoms in total. The number of amides is 1. The Morgan fingerprint density at radius 1 is 1.12 bits per heavy atom. The molecule has 0 aliphatic rings. The van der Waals surface area contributed by atoms with Gasteiger partial charge in [0.1, 0.15) is 5.75 Å².